The molecule has 2 aliphatic rings. The fourth-order valence-electron chi connectivity index (χ4n) is 9.09. The molecule has 0 N–H and O–H groups in total. The Morgan fingerprint density at radius 3 is 1.07 bits per heavy atom. The molecule has 2 heteroatoms. The number of hydrogen-bond acceptors (Lipinski definition) is 2. The molecule has 9 aromatic rings. The van der Waals surface area contributed by atoms with Crippen LogP contribution in [0.5, 0.6) is 0 Å². The zero-order chi connectivity index (χ0) is 37.0. The second-order valence-corrected chi connectivity index (χ2v) is 15.3. The molecule has 0 saturated heterocycles. The van der Waals surface area contributed by atoms with Crippen molar-refractivity contribution in [3.63, 3.8) is 0 Å². The monoisotopic (exact) mass is 716 g/mol. The van der Waals surface area contributed by atoms with Gasteiger partial charge >= 0.3 is 0 Å². The van der Waals surface area contributed by atoms with E-state index in [1.807, 2.05) is 0 Å². The van der Waals surface area contributed by atoms with Gasteiger partial charge in [0, 0.05) is 34.1 Å². The van der Waals surface area contributed by atoms with Crippen LogP contribution in [-0.2, 0) is 25.7 Å². The van der Waals surface area contributed by atoms with Crippen molar-refractivity contribution in [3.8, 4) is 22.3 Å². The van der Waals surface area contributed by atoms with Gasteiger partial charge < -0.3 is 9.80 Å². The smallest absolute Gasteiger partial charge is 0.0494 e. The van der Waals surface area contributed by atoms with Gasteiger partial charge in [-0.2, -0.15) is 0 Å². The van der Waals surface area contributed by atoms with Crippen LogP contribution in [0.4, 0.5) is 34.1 Å². The van der Waals surface area contributed by atoms with E-state index in [-0.39, 0.29) is 0 Å². The Morgan fingerprint density at radius 1 is 0.250 bits per heavy atom. The topological polar surface area (TPSA) is 6.48 Å². The zero-order valence-corrected chi connectivity index (χ0v) is 31.2. The van der Waals surface area contributed by atoms with Crippen molar-refractivity contribution in [3.05, 3.63) is 216 Å². The Labute approximate surface area is 328 Å². The highest BCUT2D eigenvalue weighted by atomic mass is 15.2. The molecule has 9 aromatic carbocycles. The molecule has 0 saturated carbocycles. The normalized spacial score (nSPS) is 13.4. The number of para-hydroxylation sites is 2. The van der Waals surface area contributed by atoms with E-state index in [4.69, 9.17) is 0 Å². The highest BCUT2D eigenvalue weighted by Crippen LogP contribution is 2.45. The molecular weight excluding hydrogens is 677 g/mol. The Kier molecular flexibility index (Phi) is 7.81. The van der Waals surface area contributed by atoms with Crippen LogP contribution in [0.1, 0.15) is 22.3 Å². The third kappa shape index (κ3) is 5.65. The summed E-state index contributed by atoms with van der Waals surface area (Å²) in [6, 6.07) is 72.1. The van der Waals surface area contributed by atoms with Crippen LogP contribution < -0.4 is 9.80 Å². The lowest BCUT2D eigenvalue weighted by atomic mass is 9.95. The largest absolute Gasteiger partial charge is 0.310 e. The summed E-state index contributed by atoms with van der Waals surface area (Å²) in [6.07, 6.45) is 4.02. The molecule has 2 aliphatic heterocycles. The molecule has 0 spiro atoms. The van der Waals surface area contributed by atoms with E-state index < -0.39 is 0 Å². The third-order valence-corrected chi connectivity index (χ3v) is 12.0. The van der Waals surface area contributed by atoms with Gasteiger partial charge in [-0.3, -0.25) is 0 Å². The van der Waals surface area contributed by atoms with Gasteiger partial charge in [-0.1, -0.05) is 133 Å². The highest BCUT2D eigenvalue weighted by molar-refractivity contribution is 5.92. The second-order valence-electron chi connectivity index (χ2n) is 15.3. The van der Waals surface area contributed by atoms with Crippen molar-refractivity contribution in [2.45, 2.75) is 25.7 Å². The number of benzene rings is 9. The van der Waals surface area contributed by atoms with E-state index in [1.54, 1.807) is 0 Å². The average Bonchev–Trinajstić information content (AvgIpc) is 3.54. The third-order valence-electron chi connectivity index (χ3n) is 12.0. The van der Waals surface area contributed by atoms with Crippen molar-refractivity contribution in [2.24, 2.45) is 0 Å². The summed E-state index contributed by atoms with van der Waals surface area (Å²) in [5.41, 5.74) is 17.9. The minimum atomic E-state index is 0.998. The predicted molar refractivity (Wildman–Crippen MR) is 237 cm³/mol. The summed E-state index contributed by atoms with van der Waals surface area (Å²) in [4.78, 5) is 4.93. The highest BCUT2D eigenvalue weighted by Gasteiger charge is 2.24. The van der Waals surface area contributed by atoms with Crippen LogP contribution in [0, 0.1) is 0 Å². The molecule has 2 nitrogen and oxygen atoms in total. The standard InChI is InChI=1S/C54H40N2/c1-3-13-43-35-49(29-25-37(43)9-1)55-51-15-7-5-11-41(51)21-23-47-33-45(27-31-53(47)55)39-17-19-40(20-18-39)46-28-32-54-48(34-46)24-22-42-12-6-8-16-52(42)56(54)50-30-26-38-10-2-4-14-44(38)36-50/h1-20,25-36H,21-24H2. The predicted octanol–water partition coefficient (Wildman–Crippen LogP) is 14.5. The Hall–Kier alpha value is -6.90. The molecule has 0 bridgehead atoms. The van der Waals surface area contributed by atoms with Gasteiger partial charge in [0.25, 0.3) is 0 Å². The van der Waals surface area contributed by atoms with E-state index in [1.165, 1.54) is 100 Å². The summed E-state index contributed by atoms with van der Waals surface area (Å²) in [5, 5.41) is 5.04. The lowest BCUT2D eigenvalue weighted by Crippen LogP contribution is -2.11. The van der Waals surface area contributed by atoms with Gasteiger partial charge in [-0.05, 0) is 152 Å². The maximum absolute atomic E-state index is 2.47. The van der Waals surface area contributed by atoms with E-state index in [0.717, 1.165) is 25.7 Å². The van der Waals surface area contributed by atoms with Gasteiger partial charge in [-0.25, -0.2) is 0 Å². The maximum atomic E-state index is 2.47. The van der Waals surface area contributed by atoms with Crippen LogP contribution in [0.15, 0.2) is 194 Å². The first-order valence-electron chi connectivity index (χ1n) is 19.8. The molecular formula is C54H40N2. The number of hydrogen-bond donors (Lipinski definition) is 0. The molecule has 0 aromatic heterocycles. The minimum absolute atomic E-state index is 0.998. The lowest BCUT2D eigenvalue weighted by molar-refractivity contribution is 0.978. The van der Waals surface area contributed by atoms with E-state index in [9.17, 15) is 0 Å². The van der Waals surface area contributed by atoms with E-state index in [0.29, 0.717) is 0 Å². The summed E-state index contributed by atoms with van der Waals surface area (Å²) in [5.74, 6) is 0. The van der Waals surface area contributed by atoms with Crippen molar-refractivity contribution >= 4 is 55.7 Å². The van der Waals surface area contributed by atoms with Crippen molar-refractivity contribution in [1.82, 2.24) is 0 Å². The Morgan fingerprint density at radius 2 is 0.607 bits per heavy atom. The van der Waals surface area contributed by atoms with Crippen LogP contribution >= 0.6 is 0 Å². The average molecular weight is 717 g/mol. The first-order chi connectivity index (χ1) is 27.7. The summed E-state index contributed by atoms with van der Waals surface area (Å²) in [6.45, 7) is 0. The Bertz CT molecular complexity index is 2740. The SMILES string of the molecule is c1ccc2c(c1)CCc1cc(-c3ccc(-c4ccc5c(c4)CCc4ccccc4N5c4ccc5ccccc5c4)cc3)ccc1N2c1ccc2ccccc2c1. The van der Waals surface area contributed by atoms with Crippen molar-refractivity contribution in [1.29, 1.82) is 0 Å². The summed E-state index contributed by atoms with van der Waals surface area (Å²) < 4.78 is 0. The maximum Gasteiger partial charge on any atom is 0.0494 e. The van der Waals surface area contributed by atoms with Crippen molar-refractivity contribution < 1.29 is 0 Å². The molecule has 0 aliphatic carbocycles. The molecule has 56 heavy (non-hydrogen) atoms. The number of rotatable bonds is 4. The lowest BCUT2D eigenvalue weighted by Gasteiger charge is -2.28. The van der Waals surface area contributed by atoms with Crippen LogP contribution in [0.25, 0.3) is 43.8 Å². The summed E-state index contributed by atoms with van der Waals surface area (Å²) >= 11 is 0. The van der Waals surface area contributed by atoms with Gasteiger partial charge in [0.1, 0.15) is 0 Å². The molecule has 11 rings (SSSR count). The fourth-order valence-corrected chi connectivity index (χ4v) is 9.09. The number of fused-ring (bicyclic) bond motifs is 6. The second kappa shape index (κ2) is 13.4. The molecule has 0 radical (unpaired) electrons. The zero-order valence-electron chi connectivity index (χ0n) is 31.2. The van der Waals surface area contributed by atoms with Gasteiger partial charge in [-0.15, -0.1) is 0 Å². The summed E-state index contributed by atoms with van der Waals surface area (Å²) in [7, 11) is 0. The minimum Gasteiger partial charge on any atom is -0.310 e. The number of anilines is 6. The first kappa shape index (κ1) is 32.5. The number of aryl methyl sites for hydroxylation is 4. The van der Waals surface area contributed by atoms with Gasteiger partial charge in [0.15, 0.2) is 0 Å². The van der Waals surface area contributed by atoms with Crippen LogP contribution in [0.2, 0.25) is 0 Å². The van der Waals surface area contributed by atoms with E-state index >= 15 is 0 Å². The first-order valence-corrected chi connectivity index (χ1v) is 19.8. The fraction of sp³-hybridized carbons (Fsp3) is 0.0741. The van der Waals surface area contributed by atoms with Crippen molar-refractivity contribution in [2.75, 3.05) is 9.80 Å². The molecule has 0 unspecified atom stereocenters. The molecule has 2 heterocycles. The quantitative estimate of drug-likeness (QED) is 0.179. The molecule has 0 amide bonds. The van der Waals surface area contributed by atoms with Gasteiger partial charge in [0.05, 0.1) is 0 Å². The Balaban J connectivity index is 0.929. The van der Waals surface area contributed by atoms with Crippen LogP contribution in [0.3, 0.4) is 0 Å². The molecule has 0 atom stereocenters. The van der Waals surface area contributed by atoms with Crippen LogP contribution in [-0.4, -0.2) is 0 Å². The molecule has 0 fully saturated rings. The van der Waals surface area contributed by atoms with Gasteiger partial charge in [0.2, 0.25) is 0 Å². The number of nitrogens with zero attached hydrogens (tertiary/aromatic N) is 2. The van der Waals surface area contributed by atoms with E-state index in [2.05, 4.69) is 204 Å². The molecule has 266 valence electrons.